The molecule has 2 aromatic rings. The van der Waals surface area contributed by atoms with Gasteiger partial charge in [0.2, 0.25) is 0 Å². The van der Waals surface area contributed by atoms with Gasteiger partial charge in [0.25, 0.3) is 0 Å². The molecule has 0 saturated heterocycles. The third kappa shape index (κ3) is 2.01. The predicted octanol–water partition coefficient (Wildman–Crippen LogP) is 3.43. The molecular weight excluding hydrogens is 210 g/mol. The maximum Gasteiger partial charge on any atom is 0.126 e. The van der Waals surface area contributed by atoms with E-state index >= 15 is 0 Å². The van der Waals surface area contributed by atoms with Gasteiger partial charge in [0.05, 0.1) is 7.11 Å². The fourth-order valence-electron chi connectivity index (χ4n) is 2.44. The maximum absolute atomic E-state index is 5.82. The predicted molar refractivity (Wildman–Crippen MR) is 72.5 cm³/mol. The van der Waals surface area contributed by atoms with Crippen molar-refractivity contribution in [1.82, 2.24) is 0 Å². The van der Waals surface area contributed by atoms with Gasteiger partial charge in [0, 0.05) is 11.9 Å². The number of methoxy groups -OCH3 is 1. The SMILES string of the molecule is COc1cccc2c(C(C)C)c(CN)ccc12. The van der Waals surface area contributed by atoms with Gasteiger partial charge >= 0.3 is 0 Å². The van der Waals surface area contributed by atoms with Crippen molar-refractivity contribution < 1.29 is 4.74 Å². The van der Waals surface area contributed by atoms with E-state index in [0.717, 1.165) is 11.1 Å². The molecule has 2 nitrogen and oxygen atoms in total. The van der Waals surface area contributed by atoms with Crippen LogP contribution in [-0.4, -0.2) is 7.11 Å². The minimum Gasteiger partial charge on any atom is -0.496 e. The molecule has 2 heteroatoms. The van der Waals surface area contributed by atoms with Crippen molar-refractivity contribution in [3.63, 3.8) is 0 Å². The molecule has 0 atom stereocenters. The topological polar surface area (TPSA) is 35.2 Å². The van der Waals surface area contributed by atoms with Gasteiger partial charge in [-0.3, -0.25) is 0 Å². The van der Waals surface area contributed by atoms with Crippen molar-refractivity contribution in [3.05, 3.63) is 41.5 Å². The second-order valence-corrected chi connectivity index (χ2v) is 4.55. The highest BCUT2D eigenvalue weighted by molar-refractivity contribution is 5.92. The number of fused-ring (bicyclic) bond motifs is 1. The summed E-state index contributed by atoms with van der Waals surface area (Å²) in [6, 6.07) is 10.4. The molecule has 2 aromatic carbocycles. The first-order chi connectivity index (χ1) is 8.19. The summed E-state index contributed by atoms with van der Waals surface area (Å²) < 4.78 is 5.40. The van der Waals surface area contributed by atoms with Crippen molar-refractivity contribution in [1.29, 1.82) is 0 Å². The first-order valence-electron chi connectivity index (χ1n) is 5.97. The van der Waals surface area contributed by atoms with Gasteiger partial charge in [-0.05, 0) is 28.5 Å². The molecule has 0 amide bonds. The Morgan fingerprint density at radius 2 is 1.88 bits per heavy atom. The Labute approximate surface area is 102 Å². The van der Waals surface area contributed by atoms with Crippen molar-refractivity contribution in [2.75, 3.05) is 7.11 Å². The maximum atomic E-state index is 5.82. The third-order valence-electron chi connectivity index (χ3n) is 3.17. The van der Waals surface area contributed by atoms with E-state index in [4.69, 9.17) is 10.5 Å². The number of ether oxygens (including phenoxy) is 1. The monoisotopic (exact) mass is 229 g/mol. The molecule has 0 aliphatic rings. The summed E-state index contributed by atoms with van der Waals surface area (Å²) in [4.78, 5) is 0. The summed E-state index contributed by atoms with van der Waals surface area (Å²) in [6.07, 6.45) is 0. The second kappa shape index (κ2) is 4.76. The number of hydrogen-bond acceptors (Lipinski definition) is 2. The molecule has 0 aromatic heterocycles. The van der Waals surface area contributed by atoms with Crippen molar-refractivity contribution >= 4 is 10.8 Å². The van der Waals surface area contributed by atoms with E-state index in [0.29, 0.717) is 12.5 Å². The lowest BCUT2D eigenvalue weighted by Crippen LogP contribution is -2.04. The number of benzene rings is 2. The number of hydrogen-bond donors (Lipinski definition) is 1. The first-order valence-corrected chi connectivity index (χ1v) is 5.97. The van der Waals surface area contributed by atoms with Gasteiger partial charge < -0.3 is 10.5 Å². The summed E-state index contributed by atoms with van der Waals surface area (Å²) in [5.41, 5.74) is 8.38. The third-order valence-corrected chi connectivity index (χ3v) is 3.17. The Morgan fingerprint density at radius 1 is 1.12 bits per heavy atom. The largest absolute Gasteiger partial charge is 0.496 e. The average Bonchev–Trinajstić information content (AvgIpc) is 2.36. The van der Waals surface area contributed by atoms with E-state index in [1.54, 1.807) is 7.11 Å². The molecule has 0 bridgehead atoms. The molecule has 17 heavy (non-hydrogen) atoms. The fourth-order valence-corrected chi connectivity index (χ4v) is 2.44. The Morgan fingerprint density at radius 3 is 2.47 bits per heavy atom. The molecule has 0 aliphatic carbocycles. The van der Waals surface area contributed by atoms with Gasteiger partial charge in [-0.1, -0.05) is 38.1 Å². The molecule has 0 aliphatic heterocycles. The van der Waals surface area contributed by atoms with E-state index in [-0.39, 0.29) is 0 Å². The highest BCUT2D eigenvalue weighted by Crippen LogP contribution is 2.33. The molecule has 2 rings (SSSR count). The average molecular weight is 229 g/mol. The van der Waals surface area contributed by atoms with Crippen LogP contribution < -0.4 is 10.5 Å². The summed E-state index contributed by atoms with van der Waals surface area (Å²) >= 11 is 0. The van der Waals surface area contributed by atoms with Crippen LogP contribution in [0.5, 0.6) is 5.75 Å². The summed E-state index contributed by atoms with van der Waals surface area (Å²) in [5.74, 6) is 1.39. The quantitative estimate of drug-likeness (QED) is 0.875. The van der Waals surface area contributed by atoms with Gasteiger partial charge in [-0.2, -0.15) is 0 Å². The molecule has 0 spiro atoms. The van der Waals surface area contributed by atoms with Crippen LogP contribution in [-0.2, 0) is 6.54 Å². The Balaban J connectivity index is 2.81. The Hall–Kier alpha value is -1.54. The van der Waals surface area contributed by atoms with E-state index in [9.17, 15) is 0 Å². The molecule has 0 fully saturated rings. The Bertz CT molecular complexity index is 532. The molecule has 0 saturated carbocycles. The first kappa shape index (κ1) is 11.9. The minimum atomic E-state index is 0.462. The zero-order valence-electron chi connectivity index (χ0n) is 10.7. The molecular formula is C15H19NO. The van der Waals surface area contributed by atoms with Crippen LogP contribution in [0.2, 0.25) is 0 Å². The molecule has 90 valence electrons. The lowest BCUT2D eigenvalue weighted by Gasteiger charge is -2.16. The van der Waals surface area contributed by atoms with Gasteiger partial charge in [-0.15, -0.1) is 0 Å². The van der Waals surface area contributed by atoms with Crippen LogP contribution >= 0.6 is 0 Å². The van der Waals surface area contributed by atoms with E-state index in [1.165, 1.54) is 16.5 Å². The molecule has 0 radical (unpaired) electrons. The van der Waals surface area contributed by atoms with E-state index < -0.39 is 0 Å². The van der Waals surface area contributed by atoms with Crippen LogP contribution in [0.3, 0.4) is 0 Å². The lowest BCUT2D eigenvalue weighted by molar-refractivity contribution is 0.420. The standard InChI is InChI=1S/C15H19NO/c1-10(2)15-11(9-16)7-8-12-13(15)5-4-6-14(12)17-3/h4-8,10H,9,16H2,1-3H3. The van der Waals surface area contributed by atoms with Crippen molar-refractivity contribution in [2.45, 2.75) is 26.3 Å². The van der Waals surface area contributed by atoms with Gasteiger partial charge in [-0.25, -0.2) is 0 Å². The number of rotatable bonds is 3. The van der Waals surface area contributed by atoms with Crippen LogP contribution in [0.4, 0.5) is 0 Å². The Kier molecular flexibility index (Phi) is 3.34. The second-order valence-electron chi connectivity index (χ2n) is 4.55. The van der Waals surface area contributed by atoms with Crippen LogP contribution in [0.15, 0.2) is 30.3 Å². The van der Waals surface area contributed by atoms with Crippen LogP contribution in [0.25, 0.3) is 10.8 Å². The van der Waals surface area contributed by atoms with Gasteiger partial charge in [0.1, 0.15) is 5.75 Å². The lowest BCUT2D eigenvalue weighted by atomic mass is 9.91. The number of nitrogens with two attached hydrogens (primary N) is 1. The van der Waals surface area contributed by atoms with Crippen molar-refractivity contribution in [2.24, 2.45) is 5.73 Å². The molecule has 0 heterocycles. The van der Waals surface area contributed by atoms with E-state index in [1.807, 2.05) is 12.1 Å². The van der Waals surface area contributed by atoms with Crippen LogP contribution in [0, 0.1) is 0 Å². The summed E-state index contributed by atoms with van der Waals surface area (Å²) in [5, 5.41) is 2.42. The van der Waals surface area contributed by atoms with E-state index in [2.05, 4.69) is 32.0 Å². The minimum absolute atomic E-state index is 0.462. The zero-order chi connectivity index (χ0) is 12.4. The summed E-state index contributed by atoms with van der Waals surface area (Å²) in [6.45, 7) is 4.99. The molecule has 2 N–H and O–H groups in total. The smallest absolute Gasteiger partial charge is 0.126 e. The normalized spacial score (nSPS) is 11.1. The highest BCUT2D eigenvalue weighted by Gasteiger charge is 2.12. The summed E-state index contributed by atoms with van der Waals surface area (Å²) in [7, 11) is 1.71. The molecule has 0 unspecified atom stereocenters. The zero-order valence-corrected chi connectivity index (χ0v) is 10.7. The van der Waals surface area contributed by atoms with Crippen LogP contribution in [0.1, 0.15) is 30.9 Å². The highest BCUT2D eigenvalue weighted by atomic mass is 16.5. The fraction of sp³-hybridized carbons (Fsp3) is 0.333. The van der Waals surface area contributed by atoms with Gasteiger partial charge in [0.15, 0.2) is 0 Å². The van der Waals surface area contributed by atoms with Crippen molar-refractivity contribution in [3.8, 4) is 5.75 Å².